The summed E-state index contributed by atoms with van der Waals surface area (Å²) >= 11 is 0. The van der Waals surface area contributed by atoms with Crippen molar-refractivity contribution in [2.45, 2.75) is 37.6 Å². The van der Waals surface area contributed by atoms with Crippen LogP contribution in [0.3, 0.4) is 0 Å². The Labute approximate surface area is 132 Å². The fraction of sp³-hybridized carbons (Fsp3) is 0.562. The third-order valence-electron chi connectivity index (χ3n) is 3.93. The zero-order valence-corrected chi connectivity index (χ0v) is 14.1. The van der Waals surface area contributed by atoms with Gasteiger partial charge in [-0.15, -0.1) is 0 Å². The summed E-state index contributed by atoms with van der Waals surface area (Å²) in [7, 11) is -3.46. The molecule has 0 unspecified atom stereocenters. The molecule has 1 aliphatic rings. The Hall–Kier alpha value is -1.40. The minimum atomic E-state index is -3.46. The molecule has 0 radical (unpaired) electrons. The smallest absolute Gasteiger partial charge is 0.241 e. The fourth-order valence-corrected chi connectivity index (χ4v) is 3.97. The Balaban J connectivity index is 2.20. The van der Waals surface area contributed by atoms with Gasteiger partial charge >= 0.3 is 0 Å². The van der Waals surface area contributed by atoms with Gasteiger partial charge in [0.15, 0.2) is 9.84 Å². The highest BCUT2D eigenvalue weighted by Crippen LogP contribution is 2.15. The summed E-state index contributed by atoms with van der Waals surface area (Å²) in [6.07, 6.45) is 1.37. The molecule has 0 aliphatic carbocycles. The number of hydrogen-bond donors (Lipinski definition) is 1. The number of benzene rings is 1. The Kier molecular flexibility index (Phi) is 5.24. The van der Waals surface area contributed by atoms with E-state index < -0.39 is 15.1 Å². The zero-order valence-electron chi connectivity index (χ0n) is 13.3. The SMILES string of the molecule is C[C@@H]1CN(C(=O)[C@H](Cc2ccccc2)S(C)(=O)=O)C[C@@H](C)N1. The molecule has 122 valence electrons. The van der Waals surface area contributed by atoms with Crippen LogP contribution in [0, 0.1) is 0 Å². The third-order valence-corrected chi connectivity index (χ3v) is 5.33. The van der Waals surface area contributed by atoms with Gasteiger partial charge in [0.25, 0.3) is 0 Å². The number of nitrogens with one attached hydrogen (secondary N) is 1. The molecule has 2 rings (SSSR count). The van der Waals surface area contributed by atoms with Crippen molar-refractivity contribution in [2.75, 3.05) is 19.3 Å². The monoisotopic (exact) mass is 324 g/mol. The second-order valence-corrected chi connectivity index (χ2v) is 8.45. The molecule has 1 fully saturated rings. The summed E-state index contributed by atoms with van der Waals surface area (Å²) in [5.41, 5.74) is 0.863. The first kappa shape index (κ1) is 17.0. The average Bonchev–Trinajstić information content (AvgIpc) is 2.43. The summed E-state index contributed by atoms with van der Waals surface area (Å²) in [6.45, 7) is 5.10. The van der Waals surface area contributed by atoms with Crippen molar-refractivity contribution in [3.05, 3.63) is 35.9 Å². The summed E-state index contributed by atoms with van der Waals surface area (Å²) in [5, 5.41) is 2.34. The average molecular weight is 324 g/mol. The van der Waals surface area contributed by atoms with Crippen LogP contribution < -0.4 is 5.32 Å². The highest BCUT2D eigenvalue weighted by molar-refractivity contribution is 7.92. The predicted molar refractivity (Wildman–Crippen MR) is 87.4 cm³/mol. The molecule has 22 heavy (non-hydrogen) atoms. The van der Waals surface area contributed by atoms with E-state index in [1.165, 1.54) is 0 Å². The number of carbonyl (C=O) groups is 1. The van der Waals surface area contributed by atoms with E-state index in [9.17, 15) is 13.2 Å². The van der Waals surface area contributed by atoms with Crippen molar-refractivity contribution >= 4 is 15.7 Å². The van der Waals surface area contributed by atoms with E-state index in [0.29, 0.717) is 13.1 Å². The maximum atomic E-state index is 12.8. The van der Waals surface area contributed by atoms with E-state index >= 15 is 0 Å². The number of hydrogen-bond acceptors (Lipinski definition) is 4. The van der Waals surface area contributed by atoms with Crippen molar-refractivity contribution in [2.24, 2.45) is 0 Å². The molecule has 0 saturated carbocycles. The lowest BCUT2D eigenvalue weighted by molar-refractivity contribution is -0.132. The predicted octanol–water partition coefficient (Wildman–Crippen LogP) is 0.851. The molecule has 1 aromatic rings. The maximum absolute atomic E-state index is 12.8. The molecule has 0 spiro atoms. The first-order chi connectivity index (χ1) is 10.3. The standard InChI is InChI=1S/C16H24N2O3S/c1-12-10-18(11-13(2)17-12)16(19)15(22(3,20)21)9-14-7-5-4-6-8-14/h4-8,12-13,15,17H,9-11H2,1-3H3/t12-,13-,15+/m1/s1. The Morgan fingerprint density at radius 1 is 1.23 bits per heavy atom. The van der Waals surface area contributed by atoms with Gasteiger partial charge in [0.2, 0.25) is 5.91 Å². The van der Waals surface area contributed by atoms with E-state index in [0.717, 1.165) is 11.8 Å². The summed E-state index contributed by atoms with van der Waals surface area (Å²) < 4.78 is 24.2. The van der Waals surface area contributed by atoms with Crippen LogP contribution in [0.25, 0.3) is 0 Å². The Morgan fingerprint density at radius 2 is 1.77 bits per heavy atom. The van der Waals surface area contributed by atoms with E-state index in [4.69, 9.17) is 0 Å². The van der Waals surface area contributed by atoms with Crippen LogP contribution in [0.2, 0.25) is 0 Å². The molecule has 1 aliphatic heterocycles. The number of nitrogens with zero attached hydrogens (tertiary/aromatic N) is 1. The third kappa shape index (κ3) is 4.30. The minimum Gasteiger partial charge on any atom is -0.338 e. The fourth-order valence-electron chi connectivity index (χ4n) is 2.96. The number of carbonyl (C=O) groups excluding carboxylic acids is 1. The molecule has 1 aromatic carbocycles. The Bertz CT molecular complexity index is 606. The molecule has 1 saturated heterocycles. The summed E-state index contributed by atoms with van der Waals surface area (Å²) in [4.78, 5) is 14.4. The summed E-state index contributed by atoms with van der Waals surface area (Å²) in [5.74, 6) is -0.286. The van der Waals surface area contributed by atoms with E-state index in [2.05, 4.69) is 5.32 Å². The van der Waals surface area contributed by atoms with Gasteiger partial charge in [-0.1, -0.05) is 30.3 Å². The zero-order chi connectivity index (χ0) is 16.3. The van der Waals surface area contributed by atoms with Gasteiger partial charge in [-0.2, -0.15) is 0 Å². The van der Waals surface area contributed by atoms with E-state index in [1.54, 1.807) is 4.90 Å². The normalized spacial score (nSPS) is 24.0. The Morgan fingerprint density at radius 3 is 2.27 bits per heavy atom. The quantitative estimate of drug-likeness (QED) is 0.892. The van der Waals surface area contributed by atoms with Gasteiger partial charge in [-0.05, 0) is 25.8 Å². The second-order valence-electron chi connectivity index (χ2n) is 6.22. The van der Waals surface area contributed by atoms with Gasteiger partial charge in [0.1, 0.15) is 5.25 Å². The van der Waals surface area contributed by atoms with Gasteiger partial charge in [0, 0.05) is 31.4 Å². The van der Waals surface area contributed by atoms with Crippen LogP contribution >= 0.6 is 0 Å². The first-order valence-electron chi connectivity index (χ1n) is 7.55. The highest BCUT2D eigenvalue weighted by Gasteiger charge is 2.35. The molecule has 0 aromatic heterocycles. The highest BCUT2D eigenvalue weighted by atomic mass is 32.2. The van der Waals surface area contributed by atoms with Crippen LogP contribution in [0.4, 0.5) is 0 Å². The number of rotatable bonds is 4. The van der Waals surface area contributed by atoms with Gasteiger partial charge < -0.3 is 10.2 Å². The molecule has 1 N–H and O–H groups in total. The molecule has 6 heteroatoms. The van der Waals surface area contributed by atoms with Crippen molar-refractivity contribution in [3.8, 4) is 0 Å². The lowest BCUT2D eigenvalue weighted by Gasteiger charge is -2.37. The van der Waals surface area contributed by atoms with Gasteiger partial charge in [0.05, 0.1) is 0 Å². The number of piperazine rings is 1. The van der Waals surface area contributed by atoms with Crippen LogP contribution in [0.5, 0.6) is 0 Å². The molecule has 0 bridgehead atoms. The second kappa shape index (κ2) is 6.79. The van der Waals surface area contributed by atoms with Gasteiger partial charge in [-0.25, -0.2) is 8.42 Å². The van der Waals surface area contributed by atoms with Crippen LogP contribution in [0.15, 0.2) is 30.3 Å². The van der Waals surface area contributed by atoms with E-state index in [1.807, 2.05) is 44.2 Å². The van der Waals surface area contributed by atoms with Crippen molar-refractivity contribution < 1.29 is 13.2 Å². The number of sulfone groups is 1. The number of amides is 1. The van der Waals surface area contributed by atoms with Crippen molar-refractivity contribution in [1.29, 1.82) is 0 Å². The molecule has 5 nitrogen and oxygen atoms in total. The minimum absolute atomic E-state index is 0.171. The lowest BCUT2D eigenvalue weighted by Crippen LogP contribution is -2.58. The molecule has 1 amide bonds. The molecular weight excluding hydrogens is 300 g/mol. The van der Waals surface area contributed by atoms with Crippen molar-refractivity contribution in [1.82, 2.24) is 10.2 Å². The maximum Gasteiger partial charge on any atom is 0.241 e. The molecule has 1 heterocycles. The van der Waals surface area contributed by atoms with Crippen LogP contribution in [-0.4, -0.2) is 55.9 Å². The topological polar surface area (TPSA) is 66.5 Å². The van der Waals surface area contributed by atoms with Crippen LogP contribution in [0.1, 0.15) is 19.4 Å². The van der Waals surface area contributed by atoms with Crippen molar-refractivity contribution in [3.63, 3.8) is 0 Å². The summed E-state index contributed by atoms with van der Waals surface area (Å²) in [6, 6.07) is 9.64. The lowest BCUT2D eigenvalue weighted by atomic mass is 10.1. The largest absolute Gasteiger partial charge is 0.338 e. The van der Waals surface area contributed by atoms with Crippen LogP contribution in [-0.2, 0) is 21.1 Å². The molecule has 3 atom stereocenters. The van der Waals surface area contributed by atoms with E-state index in [-0.39, 0.29) is 24.4 Å². The molecular formula is C16H24N2O3S. The van der Waals surface area contributed by atoms with Gasteiger partial charge in [-0.3, -0.25) is 4.79 Å². The first-order valence-corrected chi connectivity index (χ1v) is 9.50.